The van der Waals surface area contributed by atoms with Gasteiger partial charge in [-0.1, -0.05) is 25.1 Å². The number of nitrogens with one attached hydrogen (secondary N) is 1. The predicted octanol–water partition coefficient (Wildman–Crippen LogP) is 4.77. The molecule has 0 heterocycles. The van der Waals surface area contributed by atoms with E-state index in [4.69, 9.17) is 0 Å². The van der Waals surface area contributed by atoms with Crippen molar-refractivity contribution in [3.8, 4) is 0 Å². The lowest BCUT2D eigenvalue weighted by Gasteiger charge is -2.09. The Morgan fingerprint density at radius 3 is 2.70 bits per heavy atom. The van der Waals surface area contributed by atoms with Crippen molar-refractivity contribution in [1.29, 1.82) is 0 Å². The molecule has 0 saturated carbocycles. The molecule has 0 aromatic heterocycles. The summed E-state index contributed by atoms with van der Waals surface area (Å²) < 4.78 is 0. The zero-order valence-corrected chi connectivity index (χ0v) is 13.2. The molecule has 20 heavy (non-hydrogen) atoms. The first-order chi connectivity index (χ1) is 9.74. The topological polar surface area (TPSA) is 29.1 Å². The van der Waals surface area contributed by atoms with Crippen LogP contribution in [-0.4, -0.2) is 17.9 Å². The van der Waals surface area contributed by atoms with Gasteiger partial charge in [-0.3, -0.25) is 4.79 Å². The van der Waals surface area contributed by atoms with Crippen LogP contribution in [0.2, 0.25) is 0 Å². The van der Waals surface area contributed by atoms with Crippen molar-refractivity contribution < 1.29 is 4.79 Å². The Morgan fingerprint density at radius 1 is 1.15 bits per heavy atom. The molecule has 0 fully saturated rings. The van der Waals surface area contributed by atoms with Crippen molar-refractivity contribution in [1.82, 2.24) is 0 Å². The Balaban J connectivity index is 2.19. The largest absolute Gasteiger partial charge is 0.322 e. The van der Waals surface area contributed by atoms with Gasteiger partial charge in [-0.15, -0.1) is 23.5 Å². The van der Waals surface area contributed by atoms with Crippen LogP contribution in [0.1, 0.15) is 17.3 Å². The van der Waals surface area contributed by atoms with E-state index in [0.29, 0.717) is 0 Å². The van der Waals surface area contributed by atoms with Gasteiger partial charge < -0.3 is 5.32 Å². The lowest BCUT2D eigenvalue weighted by atomic mass is 10.2. The monoisotopic (exact) mass is 303 g/mol. The fourth-order valence-electron chi connectivity index (χ4n) is 1.83. The molecule has 0 aliphatic rings. The van der Waals surface area contributed by atoms with Crippen molar-refractivity contribution in [3.05, 3.63) is 54.1 Å². The van der Waals surface area contributed by atoms with Crippen LogP contribution in [-0.2, 0) is 0 Å². The summed E-state index contributed by atoms with van der Waals surface area (Å²) >= 11 is 3.35. The minimum atomic E-state index is -0.0557. The average molecular weight is 303 g/mol. The molecule has 0 atom stereocenters. The summed E-state index contributed by atoms with van der Waals surface area (Å²) in [4.78, 5) is 14.5. The first kappa shape index (κ1) is 15.0. The van der Waals surface area contributed by atoms with Crippen LogP contribution in [0.25, 0.3) is 0 Å². The number of hydrogen-bond donors (Lipinski definition) is 1. The average Bonchev–Trinajstić information content (AvgIpc) is 2.48. The number of hydrogen-bond acceptors (Lipinski definition) is 3. The summed E-state index contributed by atoms with van der Waals surface area (Å²) in [6.07, 6.45) is 2.02. The number of amides is 1. The number of rotatable bonds is 5. The van der Waals surface area contributed by atoms with Crippen LogP contribution in [0.5, 0.6) is 0 Å². The second-order valence-electron chi connectivity index (χ2n) is 4.12. The summed E-state index contributed by atoms with van der Waals surface area (Å²) in [5.41, 5.74) is 1.56. The standard InChI is InChI=1S/C16H17NOS2/c1-3-20-15-10-5-4-9-14(15)16(18)17-12-7-6-8-13(11-12)19-2/h4-11H,3H2,1-2H3,(H,17,18). The smallest absolute Gasteiger partial charge is 0.256 e. The zero-order chi connectivity index (χ0) is 14.4. The molecule has 4 heteroatoms. The number of carbonyl (C=O) groups is 1. The van der Waals surface area contributed by atoms with Gasteiger partial charge in [0.1, 0.15) is 0 Å². The number of benzene rings is 2. The fourth-order valence-corrected chi connectivity index (χ4v) is 3.10. The minimum absolute atomic E-state index is 0.0557. The highest BCUT2D eigenvalue weighted by atomic mass is 32.2. The highest BCUT2D eigenvalue weighted by molar-refractivity contribution is 7.99. The summed E-state index contributed by atoms with van der Waals surface area (Å²) in [7, 11) is 0. The van der Waals surface area contributed by atoms with E-state index in [1.54, 1.807) is 23.5 Å². The van der Waals surface area contributed by atoms with Crippen LogP contribution in [0.15, 0.2) is 58.3 Å². The Hall–Kier alpha value is -1.39. The molecule has 0 spiro atoms. The van der Waals surface area contributed by atoms with E-state index < -0.39 is 0 Å². The third-order valence-corrected chi connectivity index (χ3v) is 4.44. The molecule has 2 rings (SSSR count). The molecular weight excluding hydrogens is 286 g/mol. The maximum atomic E-state index is 12.4. The SMILES string of the molecule is CCSc1ccccc1C(=O)Nc1cccc(SC)c1. The van der Waals surface area contributed by atoms with Gasteiger partial charge in [0.2, 0.25) is 0 Å². The Bertz CT molecular complexity index is 599. The summed E-state index contributed by atoms with van der Waals surface area (Å²) in [5, 5.41) is 2.97. The molecule has 2 aromatic carbocycles. The molecular formula is C16H17NOS2. The van der Waals surface area contributed by atoms with Crippen LogP contribution >= 0.6 is 23.5 Å². The second-order valence-corrected chi connectivity index (χ2v) is 6.30. The van der Waals surface area contributed by atoms with Crippen LogP contribution < -0.4 is 5.32 Å². The quantitative estimate of drug-likeness (QED) is 0.806. The van der Waals surface area contributed by atoms with Gasteiger partial charge in [0.25, 0.3) is 5.91 Å². The third-order valence-electron chi connectivity index (χ3n) is 2.76. The Kier molecular flexibility index (Phi) is 5.56. The Morgan fingerprint density at radius 2 is 1.95 bits per heavy atom. The van der Waals surface area contributed by atoms with Crippen LogP contribution in [0.3, 0.4) is 0 Å². The molecule has 1 amide bonds. The summed E-state index contributed by atoms with van der Waals surface area (Å²) in [6, 6.07) is 15.6. The minimum Gasteiger partial charge on any atom is -0.322 e. The first-order valence-electron chi connectivity index (χ1n) is 6.42. The lowest BCUT2D eigenvalue weighted by Crippen LogP contribution is -2.12. The van der Waals surface area contributed by atoms with E-state index >= 15 is 0 Å². The number of anilines is 1. The summed E-state index contributed by atoms with van der Waals surface area (Å²) in [6.45, 7) is 2.08. The van der Waals surface area contributed by atoms with Gasteiger partial charge in [0.05, 0.1) is 5.56 Å². The molecule has 1 N–H and O–H groups in total. The molecule has 0 saturated heterocycles. The summed E-state index contributed by atoms with van der Waals surface area (Å²) in [5.74, 6) is 0.895. The highest BCUT2D eigenvalue weighted by Crippen LogP contribution is 2.24. The van der Waals surface area contributed by atoms with E-state index in [9.17, 15) is 4.79 Å². The van der Waals surface area contributed by atoms with Gasteiger partial charge >= 0.3 is 0 Å². The molecule has 0 unspecified atom stereocenters. The van der Waals surface area contributed by atoms with Gasteiger partial charge in [-0.05, 0) is 42.3 Å². The van der Waals surface area contributed by atoms with E-state index in [-0.39, 0.29) is 5.91 Å². The molecule has 2 aromatic rings. The zero-order valence-electron chi connectivity index (χ0n) is 11.6. The van der Waals surface area contributed by atoms with Crippen molar-refractivity contribution in [2.24, 2.45) is 0 Å². The predicted molar refractivity (Wildman–Crippen MR) is 89.0 cm³/mol. The molecule has 104 valence electrons. The van der Waals surface area contributed by atoms with Gasteiger partial charge in [-0.2, -0.15) is 0 Å². The maximum absolute atomic E-state index is 12.4. The maximum Gasteiger partial charge on any atom is 0.256 e. The van der Waals surface area contributed by atoms with E-state index in [2.05, 4.69) is 12.2 Å². The fraction of sp³-hybridized carbons (Fsp3) is 0.188. The molecule has 0 aliphatic heterocycles. The van der Waals surface area contributed by atoms with E-state index in [1.807, 2.05) is 54.8 Å². The Labute approximate surface area is 128 Å². The highest BCUT2D eigenvalue weighted by Gasteiger charge is 2.11. The third kappa shape index (κ3) is 3.81. The molecule has 0 aliphatic carbocycles. The lowest BCUT2D eigenvalue weighted by molar-refractivity contribution is 0.102. The van der Waals surface area contributed by atoms with Crippen molar-refractivity contribution in [2.45, 2.75) is 16.7 Å². The van der Waals surface area contributed by atoms with Gasteiger partial charge in [0, 0.05) is 15.5 Å². The van der Waals surface area contributed by atoms with Gasteiger partial charge in [-0.25, -0.2) is 0 Å². The first-order valence-corrected chi connectivity index (χ1v) is 8.63. The molecule has 0 radical (unpaired) electrons. The normalized spacial score (nSPS) is 10.3. The second kappa shape index (κ2) is 7.41. The van der Waals surface area contributed by atoms with Crippen LogP contribution in [0.4, 0.5) is 5.69 Å². The number of carbonyl (C=O) groups excluding carboxylic acids is 1. The molecule has 0 bridgehead atoms. The van der Waals surface area contributed by atoms with Gasteiger partial charge in [0.15, 0.2) is 0 Å². The van der Waals surface area contributed by atoms with E-state index in [0.717, 1.165) is 26.8 Å². The molecule has 2 nitrogen and oxygen atoms in total. The number of thioether (sulfide) groups is 2. The van der Waals surface area contributed by atoms with Crippen molar-refractivity contribution in [2.75, 3.05) is 17.3 Å². The van der Waals surface area contributed by atoms with E-state index in [1.165, 1.54) is 0 Å². The van der Waals surface area contributed by atoms with Crippen molar-refractivity contribution in [3.63, 3.8) is 0 Å². The van der Waals surface area contributed by atoms with Crippen molar-refractivity contribution >= 4 is 35.1 Å². The van der Waals surface area contributed by atoms with Crippen LogP contribution in [0, 0.1) is 0 Å².